The van der Waals surface area contributed by atoms with E-state index in [0.717, 1.165) is 6.07 Å². The minimum Gasteiger partial charge on any atom is -0.336 e. The van der Waals surface area contributed by atoms with Crippen LogP contribution in [0, 0.1) is 5.82 Å². The normalized spacial score (nSPS) is 10.4. The average Bonchev–Trinajstić information content (AvgIpc) is 2.31. The van der Waals surface area contributed by atoms with Crippen LogP contribution in [0.2, 0.25) is 5.02 Å². The number of carbonyl (C=O) groups excluding carboxylic acids is 1. The lowest BCUT2D eigenvalue weighted by Gasteiger charge is -2.20. The van der Waals surface area contributed by atoms with Crippen molar-refractivity contribution in [3.63, 3.8) is 0 Å². The molecule has 1 amide bonds. The van der Waals surface area contributed by atoms with E-state index in [1.54, 1.807) is 0 Å². The Morgan fingerprint density at radius 2 is 1.82 bits per heavy atom. The molecular weight excluding hydrogens is 287 g/mol. The summed E-state index contributed by atoms with van der Waals surface area (Å²) in [4.78, 5) is 13.5. The van der Waals surface area contributed by atoms with Crippen LogP contribution in [-0.2, 0) is 0 Å². The van der Waals surface area contributed by atoms with E-state index in [0.29, 0.717) is 30.4 Å². The highest BCUT2D eigenvalue weighted by atomic mass is 35.5. The first-order valence-corrected chi connectivity index (χ1v) is 6.41. The van der Waals surface area contributed by atoms with Gasteiger partial charge >= 0.3 is 0 Å². The molecular formula is C11H11Cl3FNO. The molecule has 17 heavy (non-hydrogen) atoms. The molecule has 2 nitrogen and oxygen atoms in total. The highest BCUT2D eigenvalue weighted by molar-refractivity contribution is 6.31. The number of alkyl halides is 2. The quantitative estimate of drug-likeness (QED) is 0.763. The van der Waals surface area contributed by atoms with E-state index in [2.05, 4.69) is 0 Å². The molecule has 0 radical (unpaired) electrons. The number of rotatable bonds is 5. The van der Waals surface area contributed by atoms with Crippen LogP contribution in [-0.4, -0.2) is 35.7 Å². The Bertz CT molecular complexity index is 394. The highest BCUT2D eigenvalue weighted by Gasteiger charge is 2.15. The molecule has 0 unspecified atom stereocenters. The minimum absolute atomic E-state index is 0.0763. The standard InChI is InChI=1S/C11H11Cl3FNO/c12-3-5-16(6-4-13)11(17)8-1-2-10(15)9(14)7-8/h1-2,7H,3-6H2. The summed E-state index contributed by atoms with van der Waals surface area (Å²) in [6, 6.07) is 3.85. The van der Waals surface area contributed by atoms with Gasteiger partial charge in [0.15, 0.2) is 0 Å². The van der Waals surface area contributed by atoms with E-state index < -0.39 is 5.82 Å². The molecule has 94 valence electrons. The van der Waals surface area contributed by atoms with Crippen LogP contribution in [0.5, 0.6) is 0 Å². The van der Waals surface area contributed by atoms with Gasteiger partial charge in [-0.05, 0) is 18.2 Å². The van der Waals surface area contributed by atoms with Crippen LogP contribution in [0.3, 0.4) is 0 Å². The third-order valence-corrected chi connectivity index (χ3v) is 2.79. The summed E-state index contributed by atoms with van der Waals surface area (Å²) in [7, 11) is 0. The fourth-order valence-electron chi connectivity index (χ4n) is 1.33. The van der Waals surface area contributed by atoms with Gasteiger partial charge in [-0.25, -0.2) is 4.39 Å². The maximum absolute atomic E-state index is 13.0. The van der Waals surface area contributed by atoms with Gasteiger partial charge in [-0.15, -0.1) is 23.2 Å². The Balaban J connectivity index is 2.88. The maximum atomic E-state index is 13.0. The summed E-state index contributed by atoms with van der Waals surface area (Å²) >= 11 is 16.8. The summed E-state index contributed by atoms with van der Waals surface area (Å²) in [5.74, 6) is -0.174. The molecule has 6 heteroatoms. The molecule has 1 rings (SSSR count). The second-order valence-electron chi connectivity index (χ2n) is 3.30. The van der Waals surface area contributed by atoms with E-state index in [-0.39, 0.29) is 10.9 Å². The lowest BCUT2D eigenvalue weighted by atomic mass is 10.2. The Morgan fingerprint density at radius 1 is 1.24 bits per heavy atom. The molecule has 0 spiro atoms. The third-order valence-electron chi connectivity index (χ3n) is 2.16. The first-order chi connectivity index (χ1) is 8.10. The van der Waals surface area contributed by atoms with Gasteiger partial charge in [0.05, 0.1) is 5.02 Å². The van der Waals surface area contributed by atoms with Gasteiger partial charge in [0.2, 0.25) is 0 Å². The first kappa shape index (κ1) is 14.6. The van der Waals surface area contributed by atoms with Crippen LogP contribution in [0.1, 0.15) is 10.4 Å². The number of nitrogens with zero attached hydrogens (tertiary/aromatic N) is 1. The summed E-state index contributed by atoms with van der Waals surface area (Å²) in [6.07, 6.45) is 0. The second kappa shape index (κ2) is 7.04. The topological polar surface area (TPSA) is 20.3 Å². The van der Waals surface area contributed by atoms with E-state index in [1.165, 1.54) is 17.0 Å². The molecule has 0 N–H and O–H groups in total. The molecule has 0 aromatic heterocycles. The Morgan fingerprint density at radius 3 is 2.29 bits per heavy atom. The molecule has 1 aromatic carbocycles. The van der Waals surface area contributed by atoms with Crippen molar-refractivity contribution in [2.75, 3.05) is 24.8 Å². The monoisotopic (exact) mass is 297 g/mol. The van der Waals surface area contributed by atoms with Crippen molar-refractivity contribution < 1.29 is 9.18 Å². The summed E-state index contributed by atoms with van der Waals surface area (Å²) < 4.78 is 13.0. The summed E-state index contributed by atoms with van der Waals surface area (Å²) in [5.41, 5.74) is 0.326. The molecule has 0 aliphatic carbocycles. The molecule has 0 saturated heterocycles. The minimum atomic E-state index is -0.551. The Labute approximate surface area is 114 Å². The van der Waals surface area contributed by atoms with Gasteiger partial charge in [-0.1, -0.05) is 11.6 Å². The van der Waals surface area contributed by atoms with E-state index in [4.69, 9.17) is 34.8 Å². The molecule has 0 aliphatic rings. The zero-order valence-corrected chi connectivity index (χ0v) is 11.2. The molecule has 0 fully saturated rings. The smallest absolute Gasteiger partial charge is 0.253 e. The fraction of sp³-hybridized carbons (Fsp3) is 0.364. The second-order valence-corrected chi connectivity index (χ2v) is 4.46. The maximum Gasteiger partial charge on any atom is 0.253 e. The average molecular weight is 299 g/mol. The van der Waals surface area contributed by atoms with Crippen molar-refractivity contribution in [1.29, 1.82) is 0 Å². The van der Waals surface area contributed by atoms with Gasteiger partial charge in [0.1, 0.15) is 5.82 Å². The highest BCUT2D eigenvalue weighted by Crippen LogP contribution is 2.17. The number of amides is 1. The lowest BCUT2D eigenvalue weighted by molar-refractivity contribution is 0.0775. The van der Waals surface area contributed by atoms with Crippen molar-refractivity contribution in [3.05, 3.63) is 34.6 Å². The predicted molar refractivity (Wildman–Crippen MR) is 68.8 cm³/mol. The Hall–Kier alpha value is -0.510. The van der Waals surface area contributed by atoms with Gasteiger partial charge < -0.3 is 4.90 Å². The molecule has 0 aliphatic heterocycles. The van der Waals surface area contributed by atoms with E-state index in [9.17, 15) is 9.18 Å². The van der Waals surface area contributed by atoms with Crippen LogP contribution in [0.25, 0.3) is 0 Å². The van der Waals surface area contributed by atoms with Gasteiger partial charge in [0.25, 0.3) is 5.91 Å². The van der Waals surface area contributed by atoms with Crippen molar-refractivity contribution in [2.24, 2.45) is 0 Å². The van der Waals surface area contributed by atoms with Crippen LogP contribution in [0.15, 0.2) is 18.2 Å². The van der Waals surface area contributed by atoms with Crippen LogP contribution >= 0.6 is 34.8 Å². The fourth-order valence-corrected chi connectivity index (χ4v) is 1.92. The SMILES string of the molecule is O=C(c1ccc(F)c(Cl)c1)N(CCCl)CCCl. The van der Waals surface area contributed by atoms with Gasteiger partial charge in [-0.2, -0.15) is 0 Å². The number of carbonyl (C=O) groups is 1. The summed E-state index contributed by atoms with van der Waals surface area (Å²) in [6.45, 7) is 0.782. The molecule has 0 bridgehead atoms. The van der Waals surface area contributed by atoms with Crippen LogP contribution in [0.4, 0.5) is 4.39 Å². The van der Waals surface area contributed by atoms with Crippen molar-refractivity contribution in [1.82, 2.24) is 4.90 Å². The van der Waals surface area contributed by atoms with Crippen molar-refractivity contribution in [2.45, 2.75) is 0 Å². The van der Waals surface area contributed by atoms with Crippen molar-refractivity contribution >= 4 is 40.7 Å². The summed E-state index contributed by atoms with van der Waals surface area (Å²) in [5, 5.41) is -0.0763. The predicted octanol–water partition coefficient (Wildman–Crippen LogP) is 3.40. The number of halogens is 4. The number of hydrogen-bond acceptors (Lipinski definition) is 1. The molecule has 0 heterocycles. The third kappa shape index (κ3) is 4.02. The van der Waals surface area contributed by atoms with E-state index in [1.807, 2.05) is 0 Å². The Kier molecular flexibility index (Phi) is 6.03. The molecule has 0 atom stereocenters. The van der Waals surface area contributed by atoms with Gasteiger partial charge in [0, 0.05) is 30.4 Å². The zero-order valence-electron chi connectivity index (χ0n) is 8.93. The first-order valence-electron chi connectivity index (χ1n) is 4.96. The van der Waals surface area contributed by atoms with Crippen LogP contribution < -0.4 is 0 Å². The number of benzene rings is 1. The largest absolute Gasteiger partial charge is 0.336 e. The molecule has 0 saturated carbocycles. The number of hydrogen-bond donors (Lipinski definition) is 0. The van der Waals surface area contributed by atoms with Gasteiger partial charge in [-0.3, -0.25) is 4.79 Å². The van der Waals surface area contributed by atoms with E-state index >= 15 is 0 Å². The molecule has 1 aromatic rings. The lowest BCUT2D eigenvalue weighted by Crippen LogP contribution is -2.34. The zero-order chi connectivity index (χ0) is 12.8. The van der Waals surface area contributed by atoms with Crippen molar-refractivity contribution in [3.8, 4) is 0 Å².